The lowest BCUT2D eigenvalue weighted by atomic mass is 9.79. The lowest BCUT2D eigenvalue weighted by Crippen LogP contribution is -2.35. The number of imide groups is 1. The summed E-state index contributed by atoms with van der Waals surface area (Å²) in [6, 6.07) is 0. The molecule has 0 unspecified atom stereocenters. The number of ether oxygens (including phenoxy) is 1. The fraction of sp³-hybridized carbons (Fsp3) is 0.545. The SMILES string of the molecule is O=C[C@@H]1CC2=CC[C@H]3C(=O)NC(=O)[C@H]3[C@H]2O1. The standard InChI is InChI=1S/C11H11NO4/c13-4-6-3-5-1-2-7-8(9(5)16-6)11(15)12-10(7)14/h1,4,6-9H,2-3H2,(H,12,14,15)/t6-,7+,8+,9-/m0/s1. The Kier molecular flexibility index (Phi) is 1.97. The van der Waals surface area contributed by atoms with Gasteiger partial charge in [0.1, 0.15) is 12.4 Å². The van der Waals surface area contributed by atoms with Gasteiger partial charge in [-0.1, -0.05) is 6.08 Å². The Morgan fingerprint density at radius 2 is 2.19 bits per heavy atom. The van der Waals surface area contributed by atoms with Crippen LogP contribution in [0.25, 0.3) is 0 Å². The van der Waals surface area contributed by atoms with Gasteiger partial charge in [0.25, 0.3) is 0 Å². The summed E-state index contributed by atoms with van der Waals surface area (Å²) < 4.78 is 5.50. The topological polar surface area (TPSA) is 72.5 Å². The van der Waals surface area contributed by atoms with Crippen molar-refractivity contribution < 1.29 is 19.1 Å². The van der Waals surface area contributed by atoms with Gasteiger partial charge >= 0.3 is 0 Å². The number of carbonyl (C=O) groups is 3. The van der Waals surface area contributed by atoms with E-state index in [4.69, 9.17) is 4.74 Å². The molecule has 0 aromatic carbocycles. The lowest BCUT2D eigenvalue weighted by molar-refractivity contribution is -0.130. The molecule has 2 heterocycles. The highest BCUT2D eigenvalue weighted by Crippen LogP contribution is 2.41. The number of nitrogens with one attached hydrogen (secondary N) is 1. The lowest BCUT2D eigenvalue weighted by Gasteiger charge is -2.25. The minimum atomic E-state index is -0.460. The highest BCUT2D eigenvalue weighted by molar-refractivity contribution is 6.06. The number of rotatable bonds is 1. The van der Waals surface area contributed by atoms with Crippen molar-refractivity contribution in [1.29, 1.82) is 0 Å². The molecule has 0 saturated carbocycles. The summed E-state index contributed by atoms with van der Waals surface area (Å²) in [5, 5.41) is 2.32. The van der Waals surface area contributed by atoms with Gasteiger partial charge in [0, 0.05) is 6.42 Å². The van der Waals surface area contributed by atoms with Crippen molar-refractivity contribution in [2.75, 3.05) is 0 Å². The fourth-order valence-corrected chi connectivity index (χ4v) is 2.79. The van der Waals surface area contributed by atoms with Crippen LogP contribution in [-0.2, 0) is 19.1 Å². The quantitative estimate of drug-likeness (QED) is 0.370. The van der Waals surface area contributed by atoms with Crippen molar-refractivity contribution in [2.24, 2.45) is 11.8 Å². The van der Waals surface area contributed by atoms with Gasteiger partial charge in [0.2, 0.25) is 11.8 Å². The molecular weight excluding hydrogens is 210 g/mol. The first-order valence-electron chi connectivity index (χ1n) is 5.35. The molecule has 0 radical (unpaired) electrons. The Balaban J connectivity index is 1.94. The first-order chi connectivity index (χ1) is 7.70. The molecule has 1 aliphatic carbocycles. The van der Waals surface area contributed by atoms with E-state index in [-0.39, 0.29) is 23.8 Å². The zero-order chi connectivity index (χ0) is 11.3. The fourth-order valence-electron chi connectivity index (χ4n) is 2.79. The maximum atomic E-state index is 11.6. The normalized spacial score (nSPS) is 41.1. The number of amides is 2. The minimum absolute atomic E-state index is 0.219. The van der Waals surface area contributed by atoms with Crippen molar-refractivity contribution >= 4 is 18.1 Å². The van der Waals surface area contributed by atoms with Crippen molar-refractivity contribution in [3.05, 3.63) is 11.6 Å². The van der Waals surface area contributed by atoms with Gasteiger partial charge in [-0.05, 0) is 12.0 Å². The Morgan fingerprint density at radius 3 is 2.94 bits per heavy atom. The average Bonchev–Trinajstić information content (AvgIpc) is 2.80. The molecule has 3 rings (SSSR count). The zero-order valence-corrected chi connectivity index (χ0v) is 8.51. The molecule has 5 heteroatoms. The smallest absolute Gasteiger partial charge is 0.233 e. The van der Waals surface area contributed by atoms with Crippen LogP contribution < -0.4 is 5.32 Å². The molecule has 0 bridgehead atoms. The van der Waals surface area contributed by atoms with E-state index in [1.165, 1.54) is 0 Å². The van der Waals surface area contributed by atoms with E-state index in [0.29, 0.717) is 12.8 Å². The highest BCUT2D eigenvalue weighted by Gasteiger charge is 2.51. The van der Waals surface area contributed by atoms with Gasteiger partial charge in [0.15, 0.2) is 0 Å². The number of carbonyl (C=O) groups excluding carboxylic acids is 3. The second kappa shape index (κ2) is 3.25. The predicted molar refractivity (Wildman–Crippen MR) is 52.2 cm³/mol. The van der Waals surface area contributed by atoms with Crippen LogP contribution >= 0.6 is 0 Å². The Bertz CT molecular complexity index is 414. The molecule has 1 N–H and O–H groups in total. The zero-order valence-electron chi connectivity index (χ0n) is 8.51. The van der Waals surface area contributed by atoms with Crippen LogP contribution in [0.2, 0.25) is 0 Å². The van der Waals surface area contributed by atoms with E-state index in [1.807, 2.05) is 6.08 Å². The third-order valence-electron chi connectivity index (χ3n) is 3.56. The van der Waals surface area contributed by atoms with Gasteiger partial charge in [0.05, 0.1) is 17.9 Å². The second-order valence-corrected chi connectivity index (χ2v) is 4.44. The predicted octanol–water partition coefficient (Wildman–Crippen LogP) is -0.438. The number of fused-ring (bicyclic) bond motifs is 3. The molecule has 84 valence electrons. The molecule has 0 spiro atoms. The Morgan fingerprint density at radius 1 is 1.38 bits per heavy atom. The van der Waals surface area contributed by atoms with Crippen LogP contribution in [0.3, 0.4) is 0 Å². The number of aldehydes is 1. The Hall–Kier alpha value is -1.49. The van der Waals surface area contributed by atoms with Gasteiger partial charge in [-0.15, -0.1) is 0 Å². The summed E-state index contributed by atoms with van der Waals surface area (Å²) >= 11 is 0. The van der Waals surface area contributed by atoms with E-state index in [2.05, 4.69) is 5.32 Å². The van der Waals surface area contributed by atoms with E-state index in [9.17, 15) is 14.4 Å². The van der Waals surface area contributed by atoms with Gasteiger partial charge in [-0.3, -0.25) is 14.9 Å². The van der Waals surface area contributed by atoms with E-state index in [0.717, 1.165) is 11.9 Å². The third kappa shape index (κ3) is 1.18. The van der Waals surface area contributed by atoms with Gasteiger partial charge in [-0.2, -0.15) is 0 Å². The number of allylic oxidation sites excluding steroid dienone is 1. The summed E-state index contributed by atoms with van der Waals surface area (Å²) in [5.74, 6) is -1.23. The van der Waals surface area contributed by atoms with E-state index in [1.54, 1.807) is 0 Å². The minimum Gasteiger partial charge on any atom is -0.362 e. The Labute approximate surface area is 91.8 Å². The molecule has 2 aliphatic heterocycles. The molecule has 0 aromatic rings. The molecule has 5 nitrogen and oxygen atoms in total. The third-order valence-corrected chi connectivity index (χ3v) is 3.56. The molecule has 2 saturated heterocycles. The van der Waals surface area contributed by atoms with Crippen LogP contribution in [0, 0.1) is 11.8 Å². The summed E-state index contributed by atoms with van der Waals surface area (Å²) in [4.78, 5) is 33.8. The maximum Gasteiger partial charge on any atom is 0.233 e. The summed E-state index contributed by atoms with van der Waals surface area (Å²) in [6.07, 6.45) is 2.98. The molecule has 2 amide bonds. The van der Waals surface area contributed by atoms with Crippen molar-refractivity contribution in [1.82, 2.24) is 5.32 Å². The van der Waals surface area contributed by atoms with Crippen LogP contribution in [0.15, 0.2) is 11.6 Å². The maximum absolute atomic E-state index is 11.6. The highest BCUT2D eigenvalue weighted by atomic mass is 16.5. The van der Waals surface area contributed by atoms with Crippen molar-refractivity contribution in [2.45, 2.75) is 25.0 Å². The van der Waals surface area contributed by atoms with Crippen LogP contribution in [-0.4, -0.2) is 30.3 Å². The van der Waals surface area contributed by atoms with Crippen LogP contribution in [0.1, 0.15) is 12.8 Å². The van der Waals surface area contributed by atoms with E-state index >= 15 is 0 Å². The first kappa shape index (κ1) is 9.72. The second-order valence-electron chi connectivity index (χ2n) is 4.44. The largest absolute Gasteiger partial charge is 0.362 e. The van der Waals surface area contributed by atoms with Gasteiger partial charge < -0.3 is 9.53 Å². The monoisotopic (exact) mass is 221 g/mol. The number of hydrogen-bond donors (Lipinski definition) is 1. The van der Waals surface area contributed by atoms with E-state index < -0.39 is 12.0 Å². The summed E-state index contributed by atoms with van der Waals surface area (Å²) in [6.45, 7) is 0. The van der Waals surface area contributed by atoms with Crippen molar-refractivity contribution in [3.8, 4) is 0 Å². The number of hydrogen-bond acceptors (Lipinski definition) is 4. The molecule has 3 aliphatic rings. The van der Waals surface area contributed by atoms with Crippen molar-refractivity contribution in [3.63, 3.8) is 0 Å². The summed E-state index contributed by atoms with van der Waals surface area (Å²) in [5.41, 5.74) is 0.989. The average molecular weight is 221 g/mol. The molecular formula is C11H11NO4. The summed E-state index contributed by atoms with van der Waals surface area (Å²) in [7, 11) is 0. The first-order valence-corrected chi connectivity index (χ1v) is 5.35. The molecule has 16 heavy (non-hydrogen) atoms. The van der Waals surface area contributed by atoms with Crippen LogP contribution in [0.5, 0.6) is 0 Å². The van der Waals surface area contributed by atoms with Crippen LogP contribution in [0.4, 0.5) is 0 Å². The molecule has 4 atom stereocenters. The molecule has 2 fully saturated rings. The molecule has 0 aromatic heterocycles. The van der Waals surface area contributed by atoms with Gasteiger partial charge in [-0.25, -0.2) is 0 Å².